The molecule has 202 valence electrons. The first-order chi connectivity index (χ1) is 18.8. The summed E-state index contributed by atoms with van der Waals surface area (Å²) in [5.74, 6) is -0.0650. The molecule has 8 nitrogen and oxygen atoms in total. The molecule has 0 fully saturated rings. The fourth-order valence-corrected chi connectivity index (χ4v) is 6.19. The van der Waals surface area contributed by atoms with Crippen LogP contribution in [-0.4, -0.2) is 36.2 Å². The topological polar surface area (TPSA) is 90.2 Å². The number of methoxy groups -OCH3 is 1. The summed E-state index contributed by atoms with van der Waals surface area (Å²) in [5, 5.41) is 0. The summed E-state index contributed by atoms with van der Waals surface area (Å²) in [4.78, 5) is 48.1. The lowest BCUT2D eigenvalue weighted by Crippen LogP contribution is -2.41. The number of benzene rings is 2. The van der Waals surface area contributed by atoms with Crippen molar-refractivity contribution in [3.05, 3.63) is 90.6 Å². The molecule has 0 saturated carbocycles. The molecule has 0 aliphatic carbocycles. The standard InChI is InChI=1S/C30H31N3O5S/c1-6-7-16-32-22-11-9-8-10-21(22)24(27(32)34)26-28(35)33-25(19-12-14-20(37-5)15-13-19)23(29(36)38-17(2)3)18(4)31-30(33)39-26/h8-15,17,25H,6-7,16H2,1-5H3/b26-24+. The average Bonchev–Trinajstić information content (AvgIpc) is 3.38. The molecule has 2 aromatic carbocycles. The zero-order valence-corrected chi connectivity index (χ0v) is 23.5. The van der Waals surface area contributed by atoms with Gasteiger partial charge in [-0.2, -0.15) is 0 Å². The molecule has 2 aliphatic rings. The van der Waals surface area contributed by atoms with Gasteiger partial charge < -0.3 is 14.4 Å². The predicted octanol–water partition coefficient (Wildman–Crippen LogP) is 3.71. The van der Waals surface area contributed by atoms with E-state index in [2.05, 4.69) is 11.9 Å². The molecule has 1 unspecified atom stereocenters. The van der Waals surface area contributed by atoms with Gasteiger partial charge in [-0.1, -0.05) is 55.0 Å². The Bertz CT molecular complexity index is 1660. The van der Waals surface area contributed by atoms with Crippen LogP contribution in [-0.2, 0) is 14.3 Å². The molecule has 1 atom stereocenters. The van der Waals surface area contributed by atoms with Gasteiger partial charge in [0.25, 0.3) is 11.5 Å². The normalized spacial score (nSPS) is 17.7. The second-order valence-electron chi connectivity index (χ2n) is 9.83. The van der Waals surface area contributed by atoms with Crippen LogP contribution >= 0.6 is 11.3 Å². The van der Waals surface area contributed by atoms with Crippen molar-refractivity contribution in [2.24, 2.45) is 4.99 Å². The molecule has 1 amide bonds. The van der Waals surface area contributed by atoms with Gasteiger partial charge in [-0.3, -0.25) is 14.2 Å². The number of amides is 1. The summed E-state index contributed by atoms with van der Waals surface area (Å²) in [5.41, 5.74) is 3.04. The Labute approximate surface area is 230 Å². The largest absolute Gasteiger partial charge is 0.497 e. The molecule has 2 aliphatic heterocycles. The van der Waals surface area contributed by atoms with E-state index in [4.69, 9.17) is 9.47 Å². The van der Waals surface area contributed by atoms with Crippen LogP contribution in [0.2, 0.25) is 0 Å². The smallest absolute Gasteiger partial charge is 0.338 e. The van der Waals surface area contributed by atoms with Gasteiger partial charge >= 0.3 is 5.97 Å². The number of nitrogens with zero attached hydrogens (tertiary/aromatic N) is 3. The Morgan fingerprint density at radius 3 is 2.49 bits per heavy atom. The fourth-order valence-electron chi connectivity index (χ4n) is 5.05. The van der Waals surface area contributed by atoms with Gasteiger partial charge in [-0.15, -0.1) is 0 Å². The van der Waals surface area contributed by atoms with Crippen molar-refractivity contribution in [1.29, 1.82) is 0 Å². The van der Waals surface area contributed by atoms with E-state index in [0.717, 1.165) is 24.1 Å². The number of allylic oxidation sites excluding steroid dienone is 1. The number of ether oxygens (including phenoxy) is 2. The highest BCUT2D eigenvalue weighted by molar-refractivity contribution is 7.07. The van der Waals surface area contributed by atoms with Gasteiger partial charge in [-0.25, -0.2) is 9.79 Å². The van der Waals surface area contributed by atoms with Crippen LogP contribution in [0.15, 0.2) is 69.6 Å². The second kappa shape index (κ2) is 10.6. The van der Waals surface area contributed by atoms with Crippen LogP contribution in [0.1, 0.15) is 57.7 Å². The lowest BCUT2D eigenvalue weighted by molar-refractivity contribution is -0.143. The molecule has 0 N–H and O–H groups in total. The molecular weight excluding hydrogens is 514 g/mol. The van der Waals surface area contributed by atoms with E-state index < -0.39 is 12.0 Å². The van der Waals surface area contributed by atoms with Crippen molar-refractivity contribution >= 4 is 34.5 Å². The number of unbranched alkanes of at least 4 members (excludes halogenated alkanes) is 1. The number of carbonyl (C=O) groups excluding carboxylic acids is 2. The van der Waals surface area contributed by atoms with Crippen LogP contribution in [0.4, 0.5) is 5.69 Å². The van der Waals surface area contributed by atoms with Crippen molar-refractivity contribution in [3.63, 3.8) is 0 Å². The number of carbonyl (C=O) groups is 2. The number of esters is 1. The fraction of sp³-hybridized carbons (Fsp3) is 0.333. The van der Waals surface area contributed by atoms with E-state index in [-0.39, 0.29) is 17.6 Å². The Hall–Kier alpha value is -3.98. The van der Waals surface area contributed by atoms with Gasteiger partial charge in [0, 0.05) is 12.1 Å². The summed E-state index contributed by atoms with van der Waals surface area (Å²) in [6, 6.07) is 14.0. The Morgan fingerprint density at radius 1 is 1.10 bits per heavy atom. The van der Waals surface area contributed by atoms with E-state index in [9.17, 15) is 14.4 Å². The predicted molar refractivity (Wildman–Crippen MR) is 151 cm³/mol. The van der Waals surface area contributed by atoms with Crippen molar-refractivity contribution in [1.82, 2.24) is 4.57 Å². The van der Waals surface area contributed by atoms with Gasteiger partial charge in [0.2, 0.25) is 0 Å². The van der Waals surface area contributed by atoms with Crippen LogP contribution in [0.3, 0.4) is 0 Å². The minimum Gasteiger partial charge on any atom is -0.497 e. The number of para-hydroxylation sites is 1. The minimum atomic E-state index is -0.768. The number of anilines is 1. The van der Waals surface area contributed by atoms with Crippen LogP contribution in [0.5, 0.6) is 5.75 Å². The van der Waals surface area contributed by atoms with Crippen LogP contribution < -0.4 is 24.5 Å². The molecule has 0 spiro atoms. The van der Waals surface area contributed by atoms with Gasteiger partial charge in [0.15, 0.2) is 4.80 Å². The number of thiazole rings is 1. The zero-order valence-electron chi connectivity index (χ0n) is 22.7. The van der Waals surface area contributed by atoms with Crippen LogP contribution in [0.25, 0.3) is 5.57 Å². The number of fused-ring (bicyclic) bond motifs is 2. The monoisotopic (exact) mass is 545 g/mol. The summed E-state index contributed by atoms with van der Waals surface area (Å²) < 4.78 is 12.7. The van der Waals surface area contributed by atoms with Gasteiger partial charge in [0.1, 0.15) is 10.3 Å². The molecule has 0 saturated heterocycles. The lowest BCUT2D eigenvalue weighted by atomic mass is 9.95. The van der Waals surface area contributed by atoms with Crippen molar-refractivity contribution in [2.45, 2.75) is 52.7 Å². The first kappa shape index (κ1) is 26.6. The van der Waals surface area contributed by atoms with E-state index >= 15 is 0 Å². The molecule has 9 heteroatoms. The molecule has 0 radical (unpaired) electrons. The maximum absolute atomic E-state index is 14.2. The third-order valence-electron chi connectivity index (χ3n) is 6.88. The third kappa shape index (κ3) is 4.61. The highest BCUT2D eigenvalue weighted by Gasteiger charge is 2.37. The first-order valence-electron chi connectivity index (χ1n) is 13.1. The molecule has 3 heterocycles. The van der Waals surface area contributed by atoms with Crippen molar-refractivity contribution in [2.75, 3.05) is 18.6 Å². The Kier molecular flexibility index (Phi) is 7.27. The van der Waals surface area contributed by atoms with Crippen LogP contribution in [0, 0.1) is 0 Å². The van der Waals surface area contributed by atoms with E-state index in [1.807, 2.05) is 36.4 Å². The summed E-state index contributed by atoms with van der Waals surface area (Å²) in [6.07, 6.45) is 1.45. The highest BCUT2D eigenvalue weighted by atomic mass is 32.1. The molecule has 0 bridgehead atoms. The molecule has 1 aromatic heterocycles. The number of aromatic nitrogens is 1. The Balaban J connectivity index is 1.76. The molecular formula is C30H31N3O5S. The summed E-state index contributed by atoms with van der Waals surface area (Å²) in [6.45, 7) is 7.96. The summed E-state index contributed by atoms with van der Waals surface area (Å²) in [7, 11) is 1.58. The zero-order chi connectivity index (χ0) is 27.8. The maximum Gasteiger partial charge on any atom is 0.338 e. The lowest BCUT2D eigenvalue weighted by Gasteiger charge is -2.25. The molecule has 5 rings (SSSR count). The number of hydrogen-bond donors (Lipinski definition) is 0. The quantitative estimate of drug-likeness (QED) is 0.422. The average molecular weight is 546 g/mol. The van der Waals surface area contributed by atoms with Gasteiger partial charge in [-0.05, 0) is 51.0 Å². The third-order valence-corrected chi connectivity index (χ3v) is 7.93. The molecule has 3 aromatic rings. The van der Waals surface area contributed by atoms with Gasteiger partial charge in [0.05, 0.1) is 41.8 Å². The molecule has 39 heavy (non-hydrogen) atoms. The minimum absolute atomic E-state index is 0.189. The van der Waals surface area contributed by atoms with E-state index in [1.54, 1.807) is 44.9 Å². The van der Waals surface area contributed by atoms with E-state index in [0.29, 0.717) is 44.0 Å². The summed E-state index contributed by atoms with van der Waals surface area (Å²) >= 11 is 1.18. The maximum atomic E-state index is 14.2. The number of rotatable bonds is 7. The highest BCUT2D eigenvalue weighted by Crippen LogP contribution is 2.36. The Morgan fingerprint density at radius 2 is 1.82 bits per heavy atom. The van der Waals surface area contributed by atoms with Crippen molar-refractivity contribution in [3.8, 4) is 5.75 Å². The first-order valence-corrected chi connectivity index (χ1v) is 13.9. The van der Waals surface area contributed by atoms with Crippen molar-refractivity contribution < 1.29 is 19.1 Å². The SMILES string of the molecule is CCCCN1C(=O)/C(=c2/sc3n(c2=O)C(c2ccc(OC)cc2)C(C(=O)OC(C)C)=C(C)N=3)c2ccccc21. The second-order valence-corrected chi connectivity index (χ2v) is 10.8. The van der Waals surface area contributed by atoms with E-state index in [1.165, 1.54) is 15.9 Å². The number of hydrogen-bond acceptors (Lipinski definition) is 7.